The first-order valence-corrected chi connectivity index (χ1v) is 3.70. The highest BCUT2D eigenvalue weighted by Gasteiger charge is 2.07. The molecule has 0 aliphatic heterocycles. The number of hydrogen-bond acceptors (Lipinski definition) is 6. The molecule has 2 aromatic rings. The maximum atomic E-state index is 8.74. The Morgan fingerprint density at radius 1 is 1.29 bits per heavy atom. The van der Waals surface area contributed by atoms with Crippen LogP contribution >= 0.6 is 0 Å². The number of aromatic nitrogens is 5. The average molecular weight is 187 g/mol. The van der Waals surface area contributed by atoms with Gasteiger partial charge in [-0.2, -0.15) is 9.94 Å². The second-order valence-electron chi connectivity index (χ2n) is 2.39. The fourth-order valence-corrected chi connectivity index (χ4v) is 0.955. The molecule has 7 heteroatoms. The molecule has 7 nitrogen and oxygen atoms in total. The summed E-state index contributed by atoms with van der Waals surface area (Å²) in [4.78, 5) is 11.5. The van der Waals surface area contributed by atoms with Gasteiger partial charge >= 0.3 is 0 Å². The van der Waals surface area contributed by atoms with Crippen molar-refractivity contribution in [1.29, 1.82) is 5.26 Å². The van der Waals surface area contributed by atoms with Crippen LogP contribution in [0.4, 0.5) is 5.95 Å². The van der Waals surface area contributed by atoms with E-state index >= 15 is 0 Å². The summed E-state index contributed by atoms with van der Waals surface area (Å²) >= 11 is 0. The lowest BCUT2D eigenvalue weighted by atomic mass is 10.4. The largest absolute Gasteiger partial charge is 0.366 e. The minimum absolute atomic E-state index is 0.125. The van der Waals surface area contributed by atoms with Crippen molar-refractivity contribution in [3.8, 4) is 11.9 Å². The van der Waals surface area contributed by atoms with Crippen LogP contribution in [0.25, 0.3) is 5.82 Å². The van der Waals surface area contributed by atoms with Crippen molar-refractivity contribution in [2.45, 2.75) is 0 Å². The zero-order chi connectivity index (χ0) is 9.97. The molecule has 0 radical (unpaired) electrons. The summed E-state index contributed by atoms with van der Waals surface area (Å²) in [5.41, 5.74) is 5.51. The third-order valence-corrected chi connectivity index (χ3v) is 1.51. The quantitative estimate of drug-likeness (QED) is 0.645. The van der Waals surface area contributed by atoms with Crippen LogP contribution in [0.2, 0.25) is 0 Å². The zero-order valence-electron chi connectivity index (χ0n) is 6.99. The van der Waals surface area contributed by atoms with Gasteiger partial charge in [0, 0.05) is 12.4 Å². The molecule has 0 spiro atoms. The summed E-state index contributed by atoms with van der Waals surface area (Å²) in [5.74, 6) is 0.443. The summed E-state index contributed by atoms with van der Waals surface area (Å²) in [7, 11) is 0. The van der Waals surface area contributed by atoms with E-state index in [4.69, 9.17) is 11.0 Å². The number of nitriles is 1. The Morgan fingerprint density at radius 2 is 2.07 bits per heavy atom. The topological polar surface area (TPSA) is 106 Å². The number of rotatable bonds is 1. The van der Waals surface area contributed by atoms with Crippen LogP contribution < -0.4 is 5.73 Å². The lowest BCUT2D eigenvalue weighted by Gasteiger charge is -1.98. The minimum Gasteiger partial charge on any atom is -0.366 e. The van der Waals surface area contributed by atoms with Crippen LogP contribution in [0, 0.1) is 11.3 Å². The summed E-state index contributed by atoms with van der Waals surface area (Å²) in [6.45, 7) is 0. The van der Waals surface area contributed by atoms with Gasteiger partial charge in [-0.05, 0) is 0 Å². The van der Waals surface area contributed by atoms with Gasteiger partial charge in [-0.15, -0.1) is 5.10 Å². The second-order valence-corrected chi connectivity index (χ2v) is 2.39. The number of nitrogen functional groups attached to an aromatic ring is 1. The van der Waals surface area contributed by atoms with Gasteiger partial charge < -0.3 is 5.73 Å². The van der Waals surface area contributed by atoms with Crippen LogP contribution in [-0.4, -0.2) is 24.7 Å². The molecule has 0 bridgehead atoms. The first kappa shape index (κ1) is 8.12. The van der Waals surface area contributed by atoms with Crippen molar-refractivity contribution >= 4 is 5.95 Å². The molecule has 14 heavy (non-hydrogen) atoms. The lowest BCUT2D eigenvalue weighted by molar-refractivity contribution is 0.834. The molecule has 0 saturated heterocycles. The van der Waals surface area contributed by atoms with E-state index in [0.717, 1.165) is 0 Å². The third kappa shape index (κ3) is 1.25. The van der Waals surface area contributed by atoms with Crippen LogP contribution in [0.5, 0.6) is 0 Å². The van der Waals surface area contributed by atoms with Gasteiger partial charge in [-0.1, -0.05) is 0 Å². The predicted molar refractivity (Wildman–Crippen MR) is 46.1 cm³/mol. The average Bonchev–Trinajstić information content (AvgIpc) is 2.65. The first-order chi connectivity index (χ1) is 6.81. The van der Waals surface area contributed by atoms with E-state index < -0.39 is 0 Å². The molecule has 68 valence electrons. The standard InChI is InChI=1S/C7H5N7/c8-3-5-6(11-2-1-10-5)14-4-12-7(9)13-14/h1-2,4H,(H2,9,13). The number of nitrogens with two attached hydrogens (primary N) is 1. The Bertz CT molecular complexity index is 495. The van der Waals surface area contributed by atoms with Gasteiger partial charge in [0.05, 0.1) is 0 Å². The van der Waals surface area contributed by atoms with E-state index in [1.807, 2.05) is 6.07 Å². The molecule has 0 aliphatic carbocycles. The molecule has 0 aromatic carbocycles. The van der Waals surface area contributed by atoms with Crippen LogP contribution in [0.1, 0.15) is 5.69 Å². The molecule has 2 N–H and O–H groups in total. The molecule has 0 saturated carbocycles. The molecular weight excluding hydrogens is 182 g/mol. The summed E-state index contributed by atoms with van der Waals surface area (Å²) in [6, 6.07) is 1.90. The number of nitrogens with zero attached hydrogens (tertiary/aromatic N) is 6. The van der Waals surface area contributed by atoms with E-state index in [0.29, 0.717) is 5.82 Å². The molecule has 2 rings (SSSR count). The summed E-state index contributed by atoms with van der Waals surface area (Å²) < 4.78 is 1.31. The fourth-order valence-electron chi connectivity index (χ4n) is 0.955. The molecule has 0 amide bonds. The zero-order valence-corrected chi connectivity index (χ0v) is 6.99. The summed E-state index contributed by atoms with van der Waals surface area (Å²) in [5, 5.41) is 12.6. The van der Waals surface area contributed by atoms with Gasteiger partial charge in [0.1, 0.15) is 12.4 Å². The van der Waals surface area contributed by atoms with Crippen molar-refractivity contribution in [3.05, 3.63) is 24.4 Å². The highest BCUT2D eigenvalue weighted by molar-refractivity contribution is 5.36. The molecule has 2 heterocycles. The number of hydrogen-bond donors (Lipinski definition) is 1. The minimum atomic E-state index is 0.125. The smallest absolute Gasteiger partial charge is 0.239 e. The first-order valence-electron chi connectivity index (χ1n) is 3.70. The van der Waals surface area contributed by atoms with Crippen molar-refractivity contribution in [2.75, 3.05) is 5.73 Å². The van der Waals surface area contributed by atoms with Gasteiger partial charge in [0.25, 0.3) is 0 Å². The van der Waals surface area contributed by atoms with E-state index in [-0.39, 0.29) is 11.6 Å². The Hall–Kier alpha value is -2.49. The Morgan fingerprint density at radius 3 is 2.71 bits per heavy atom. The maximum Gasteiger partial charge on any atom is 0.239 e. The van der Waals surface area contributed by atoms with Crippen molar-refractivity contribution < 1.29 is 0 Å². The molecule has 0 atom stereocenters. The van der Waals surface area contributed by atoms with Crippen molar-refractivity contribution in [3.63, 3.8) is 0 Å². The highest BCUT2D eigenvalue weighted by Crippen LogP contribution is 2.05. The Kier molecular flexibility index (Phi) is 1.80. The highest BCUT2D eigenvalue weighted by atomic mass is 15.4. The predicted octanol–water partition coefficient (Wildman–Crippen LogP) is -0.489. The normalized spacial score (nSPS) is 9.64. The molecule has 0 fully saturated rings. The van der Waals surface area contributed by atoms with Crippen LogP contribution in [0.3, 0.4) is 0 Å². The third-order valence-electron chi connectivity index (χ3n) is 1.51. The van der Waals surface area contributed by atoms with Crippen LogP contribution in [-0.2, 0) is 0 Å². The molecular formula is C7H5N7. The summed E-state index contributed by atoms with van der Waals surface area (Å²) in [6.07, 6.45) is 4.27. The van der Waals surface area contributed by atoms with Crippen molar-refractivity contribution in [2.24, 2.45) is 0 Å². The van der Waals surface area contributed by atoms with Crippen LogP contribution in [0.15, 0.2) is 18.7 Å². The van der Waals surface area contributed by atoms with E-state index in [1.54, 1.807) is 0 Å². The van der Waals surface area contributed by atoms with Crippen molar-refractivity contribution in [1.82, 2.24) is 24.7 Å². The number of anilines is 1. The van der Waals surface area contributed by atoms with Gasteiger partial charge in [0.15, 0.2) is 11.5 Å². The van der Waals surface area contributed by atoms with E-state index in [9.17, 15) is 0 Å². The Labute approximate surface area is 78.9 Å². The molecule has 2 aromatic heterocycles. The monoisotopic (exact) mass is 187 g/mol. The van der Waals surface area contributed by atoms with Gasteiger partial charge in [-0.3, -0.25) is 0 Å². The fraction of sp³-hybridized carbons (Fsp3) is 0. The molecule has 0 aliphatic rings. The Balaban J connectivity index is 2.57. The molecule has 0 unspecified atom stereocenters. The van der Waals surface area contributed by atoms with E-state index in [2.05, 4.69) is 20.1 Å². The van der Waals surface area contributed by atoms with Gasteiger partial charge in [0.2, 0.25) is 5.95 Å². The van der Waals surface area contributed by atoms with Gasteiger partial charge in [-0.25, -0.2) is 15.0 Å². The second kappa shape index (κ2) is 3.10. The maximum absolute atomic E-state index is 8.74. The SMILES string of the molecule is N#Cc1nccnc1-n1cnc(N)n1. The van der Waals surface area contributed by atoms with E-state index in [1.165, 1.54) is 23.4 Å². The lowest BCUT2D eigenvalue weighted by Crippen LogP contribution is -2.03.